The Hall–Kier alpha value is -3.26. The molecule has 0 atom stereocenters. The van der Waals surface area contributed by atoms with E-state index in [1.54, 1.807) is 18.2 Å². The van der Waals surface area contributed by atoms with Crippen LogP contribution in [0.2, 0.25) is 5.02 Å². The van der Waals surface area contributed by atoms with Gasteiger partial charge in [0, 0.05) is 17.4 Å². The van der Waals surface area contributed by atoms with Crippen LogP contribution in [0, 0.1) is 0 Å². The number of alkyl halides is 3. The standard InChI is InChI=1S/C23H21ClF3N3O2/c1-22(2,3)15-7-4-5-9-19(15)32-20-18(8-6-12-28-20)30-21(31)29-14-10-11-17(24)16(13-14)23(25,26)27/h4-13H,1-3H3,(H2,29,30,31). The molecule has 3 aromatic rings. The molecule has 0 aliphatic carbocycles. The first kappa shape index (κ1) is 23.4. The van der Waals surface area contributed by atoms with Crippen LogP contribution in [-0.4, -0.2) is 11.0 Å². The zero-order valence-electron chi connectivity index (χ0n) is 17.5. The molecule has 168 valence electrons. The van der Waals surface area contributed by atoms with Gasteiger partial charge in [-0.3, -0.25) is 0 Å². The Bertz CT molecular complexity index is 1130. The van der Waals surface area contributed by atoms with Crippen LogP contribution in [0.5, 0.6) is 11.6 Å². The fourth-order valence-corrected chi connectivity index (χ4v) is 3.18. The number of hydrogen-bond acceptors (Lipinski definition) is 3. The predicted octanol–water partition coefficient (Wildman–Crippen LogP) is 7.49. The van der Waals surface area contributed by atoms with Crippen LogP contribution in [0.3, 0.4) is 0 Å². The minimum Gasteiger partial charge on any atom is -0.437 e. The van der Waals surface area contributed by atoms with Gasteiger partial charge in [0.25, 0.3) is 0 Å². The minimum atomic E-state index is -4.64. The molecular formula is C23H21ClF3N3O2. The van der Waals surface area contributed by atoms with Gasteiger partial charge in [0.15, 0.2) is 0 Å². The summed E-state index contributed by atoms with van der Waals surface area (Å²) in [5, 5.41) is 4.47. The zero-order valence-corrected chi connectivity index (χ0v) is 18.3. The van der Waals surface area contributed by atoms with Gasteiger partial charge in [-0.25, -0.2) is 9.78 Å². The number of ether oxygens (including phenoxy) is 1. The summed E-state index contributed by atoms with van der Waals surface area (Å²) >= 11 is 5.62. The van der Waals surface area contributed by atoms with Gasteiger partial charge < -0.3 is 15.4 Å². The van der Waals surface area contributed by atoms with Gasteiger partial charge in [-0.1, -0.05) is 50.6 Å². The van der Waals surface area contributed by atoms with Crippen LogP contribution in [0.1, 0.15) is 31.9 Å². The van der Waals surface area contributed by atoms with Gasteiger partial charge in [-0.05, 0) is 41.8 Å². The van der Waals surface area contributed by atoms with E-state index in [0.29, 0.717) is 5.75 Å². The largest absolute Gasteiger partial charge is 0.437 e. The highest BCUT2D eigenvalue weighted by atomic mass is 35.5. The Labute approximate surface area is 188 Å². The van der Waals surface area contributed by atoms with Crippen molar-refractivity contribution >= 4 is 29.0 Å². The maximum Gasteiger partial charge on any atom is 0.417 e. The average Bonchev–Trinajstić information content (AvgIpc) is 2.69. The number of urea groups is 1. The lowest BCUT2D eigenvalue weighted by atomic mass is 9.86. The van der Waals surface area contributed by atoms with Crippen molar-refractivity contribution < 1.29 is 22.7 Å². The lowest BCUT2D eigenvalue weighted by Crippen LogP contribution is -2.20. The lowest BCUT2D eigenvalue weighted by Gasteiger charge is -2.22. The van der Waals surface area contributed by atoms with Crippen LogP contribution in [0.4, 0.5) is 29.3 Å². The first-order valence-electron chi connectivity index (χ1n) is 9.62. The summed E-state index contributed by atoms with van der Waals surface area (Å²) in [5.74, 6) is 0.723. The molecular weight excluding hydrogens is 443 g/mol. The summed E-state index contributed by atoms with van der Waals surface area (Å²) in [4.78, 5) is 16.6. The van der Waals surface area contributed by atoms with E-state index in [2.05, 4.69) is 15.6 Å². The van der Waals surface area contributed by atoms with E-state index in [1.807, 2.05) is 39.0 Å². The van der Waals surface area contributed by atoms with Crippen molar-refractivity contribution in [1.29, 1.82) is 0 Å². The number of nitrogens with zero attached hydrogens (tertiary/aromatic N) is 1. The van der Waals surface area contributed by atoms with Gasteiger partial charge in [-0.15, -0.1) is 0 Å². The van der Waals surface area contributed by atoms with E-state index in [0.717, 1.165) is 17.7 Å². The number of para-hydroxylation sites is 1. The number of carbonyl (C=O) groups excluding carboxylic acids is 1. The number of halogens is 4. The molecule has 5 nitrogen and oxygen atoms in total. The maximum atomic E-state index is 13.1. The molecule has 0 fully saturated rings. The molecule has 0 spiro atoms. The van der Waals surface area contributed by atoms with Crippen molar-refractivity contribution in [3.8, 4) is 11.6 Å². The van der Waals surface area contributed by atoms with Crippen molar-refractivity contribution in [1.82, 2.24) is 4.98 Å². The molecule has 0 aliphatic heterocycles. The Morgan fingerprint density at radius 2 is 1.69 bits per heavy atom. The molecule has 1 aromatic heterocycles. The van der Waals surface area contributed by atoms with Crippen LogP contribution in [0.15, 0.2) is 60.8 Å². The van der Waals surface area contributed by atoms with Gasteiger partial charge in [0.2, 0.25) is 5.88 Å². The van der Waals surface area contributed by atoms with E-state index >= 15 is 0 Å². The molecule has 0 saturated carbocycles. The molecule has 3 rings (SSSR count). The summed E-state index contributed by atoms with van der Waals surface area (Å²) < 4.78 is 45.1. The number of rotatable bonds is 4. The Morgan fingerprint density at radius 3 is 2.38 bits per heavy atom. The van der Waals surface area contributed by atoms with Crippen molar-refractivity contribution in [2.24, 2.45) is 0 Å². The molecule has 0 unspecified atom stereocenters. The first-order chi connectivity index (χ1) is 14.9. The highest BCUT2D eigenvalue weighted by Crippen LogP contribution is 2.37. The quantitative estimate of drug-likeness (QED) is 0.421. The van der Waals surface area contributed by atoms with E-state index in [9.17, 15) is 18.0 Å². The van der Waals surface area contributed by atoms with Crippen LogP contribution >= 0.6 is 11.6 Å². The Kier molecular flexibility index (Phi) is 6.64. The SMILES string of the molecule is CC(C)(C)c1ccccc1Oc1ncccc1NC(=O)Nc1ccc(Cl)c(C(F)(F)F)c1. The van der Waals surface area contributed by atoms with Crippen molar-refractivity contribution in [3.63, 3.8) is 0 Å². The molecule has 0 bridgehead atoms. The van der Waals surface area contributed by atoms with E-state index < -0.39 is 22.8 Å². The third-order valence-electron chi connectivity index (χ3n) is 4.45. The van der Waals surface area contributed by atoms with Gasteiger partial charge in [0.05, 0.1) is 10.6 Å². The second-order valence-corrected chi connectivity index (χ2v) is 8.38. The maximum absolute atomic E-state index is 13.1. The number of anilines is 2. The van der Waals surface area contributed by atoms with Gasteiger partial charge in [-0.2, -0.15) is 13.2 Å². The van der Waals surface area contributed by atoms with Crippen LogP contribution in [0.25, 0.3) is 0 Å². The second-order valence-electron chi connectivity index (χ2n) is 7.98. The third-order valence-corrected chi connectivity index (χ3v) is 4.78. The first-order valence-corrected chi connectivity index (χ1v) is 10.00. The summed E-state index contributed by atoms with van der Waals surface area (Å²) in [6.07, 6.45) is -3.14. The van der Waals surface area contributed by atoms with E-state index in [1.165, 1.54) is 12.3 Å². The molecule has 0 aliphatic rings. The molecule has 1 heterocycles. The number of hydrogen-bond donors (Lipinski definition) is 2. The molecule has 2 N–H and O–H groups in total. The highest BCUT2D eigenvalue weighted by molar-refractivity contribution is 6.31. The monoisotopic (exact) mass is 463 g/mol. The summed E-state index contributed by atoms with van der Waals surface area (Å²) in [6, 6.07) is 13.0. The summed E-state index contributed by atoms with van der Waals surface area (Å²) in [5.41, 5.74) is -0.105. The molecule has 0 radical (unpaired) electrons. The lowest BCUT2D eigenvalue weighted by molar-refractivity contribution is -0.137. The van der Waals surface area contributed by atoms with Crippen molar-refractivity contribution in [3.05, 3.63) is 76.9 Å². The van der Waals surface area contributed by atoms with E-state index in [4.69, 9.17) is 16.3 Å². The topological polar surface area (TPSA) is 63.2 Å². The van der Waals surface area contributed by atoms with E-state index in [-0.39, 0.29) is 22.7 Å². The van der Waals surface area contributed by atoms with Crippen LogP contribution in [-0.2, 0) is 11.6 Å². The van der Waals surface area contributed by atoms with Crippen molar-refractivity contribution in [2.75, 3.05) is 10.6 Å². The number of pyridine rings is 1. The van der Waals surface area contributed by atoms with Crippen molar-refractivity contribution in [2.45, 2.75) is 32.4 Å². The number of nitrogens with one attached hydrogen (secondary N) is 2. The summed E-state index contributed by atoms with van der Waals surface area (Å²) in [6.45, 7) is 6.13. The average molecular weight is 464 g/mol. The smallest absolute Gasteiger partial charge is 0.417 e. The van der Waals surface area contributed by atoms with Crippen LogP contribution < -0.4 is 15.4 Å². The second kappa shape index (κ2) is 9.08. The molecule has 2 aromatic carbocycles. The molecule has 2 amide bonds. The predicted molar refractivity (Wildman–Crippen MR) is 119 cm³/mol. The number of benzene rings is 2. The van der Waals surface area contributed by atoms with Gasteiger partial charge >= 0.3 is 12.2 Å². The zero-order chi connectivity index (χ0) is 23.5. The Balaban J connectivity index is 1.80. The summed E-state index contributed by atoms with van der Waals surface area (Å²) in [7, 11) is 0. The number of aromatic nitrogens is 1. The fourth-order valence-electron chi connectivity index (χ4n) is 2.95. The third kappa shape index (κ3) is 5.70. The molecule has 32 heavy (non-hydrogen) atoms. The molecule has 9 heteroatoms. The van der Waals surface area contributed by atoms with Gasteiger partial charge in [0.1, 0.15) is 11.4 Å². The fraction of sp³-hybridized carbons (Fsp3) is 0.217. The highest BCUT2D eigenvalue weighted by Gasteiger charge is 2.33. The Morgan fingerprint density at radius 1 is 0.969 bits per heavy atom. The normalized spacial score (nSPS) is 11.7. The number of carbonyl (C=O) groups is 1. The molecule has 0 saturated heterocycles. The minimum absolute atomic E-state index is 0.0661. The number of amides is 2.